The summed E-state index contributed by atoms with van der Waals surface area (Å²) in [6.45, 7) is 0. The number of benzene rings is 1. The summed E-state index contributed by atoms with van der Waals surface area (Å²) >= 11 is 0. The van der Waals surface area contributed by atoms with Crippen molar-refractivity contribution in [2.75, 3.05) is 0 Å². The summed E-state index contributed by atoms with van der Waals surface area (Å²) in [7, 11) is -4.24. The first kappa shape index (κ1) is 12.2. The average Bonchev–Trinajstić information content (AvgIpc) is 2.74. The van der Waals surface area contributed by atoms with E-state index in [1.54, 1.807) is 30.3 Å². The van der Waals surface area contributed by atoms with Crippen LogP contribution in [0.2, 0.25) is 0 Å². The smallest absolute Gasteiger partial charge is 0.258 e. The van der Waals surface area contributed by atoms with E-state index in [1.807, 2.05) is 0 Å². The summed E-state index contributed by atoms with van der Waals surface area (Å²) < 4.78 is 23.5. The molecule has 2 rings (SSSR count). The number of nitrogens with two attached hydrogens (primary N) is 1. The standard InChI is InChI=1S/C9H8N4O4S/c10-18(16,17)9-8(13(14)15)6-12(11-9)7-4-2-1-3-5-7/h1-6H,(H2,10,16,17). The van der Waals surface area contributed by atoms with E-state index >= 15 is 0 Å². The number of nitrogens with zero attached hydrogens (tertiary/aromatic N) is 3. The van der Waals surface area contributed by atoms with Crippen molar-refractivity contribution in [1.82, 2.24) is 9.78 Å². The molecule has 0 fully saturated rings. The molecule has 0 radical (unpaired) electrons. The topological polar surface area (TPSA) is 121 Å². The fourth-order valence-electron chi connectivity index (χ4n) is 1.39. The van der Waals surface area contributed by atoms with Gasteiger partial charge in [-0.25, -0.2) is 18.2 Å². The van der Waals surface area contributed by atoms with Crippen LogP contribution < -0.4 is 5.14 Å². The molecule has 94 valence electrons. The van der Waals surface area contributed by atoms with Gasteiger partial charge in [-0.15, -0.1) is 5.10 Å². The highest BCUT2D eigenvalue weighted by molar-refractivity contribution is 7.89. The fourth-order valence-corrected chi connectivity index (χ4v) is 2.01. The van der Waals surface area contributed by atoms with Crippen LogP contribution in [-0.4, -0.2) is 23.1 Å². The molecule has 0 unspecified atom stereocenters. The second-order valence-electron chi connectivity index (χ2n) is 3.40. The Labute approximate surface area is 102 Å². The first-order valence-corrected chi connectivity index (χ1v) is 6.26. The van der Waals surface area contributed by atoms with Gasteiger partial charge in [-0.2, -0.15) is 0 Å². The van der Waals surface area contributed by atoms with Gasteiger partial charge in [-0.3, -0.25) is 10.1 Å². The molecule has 9 heteroatoms. The average molecular weight is 268 g/mol. The van der Waals surface area contributed by atoms with Gasteiger partial charge in [-0.05, 0) is 12.1 Å². The van der Waals surface area contributed by atoms with Crippen molar-refractivity contribution >= 4 is 15.7 Å². The molecule has 0 aliphatic heterocycles. The van der Waals surface area contributed by atoms with Crippen molar-refractivity contribution in [2.24, 2.45) is 5.14 Å². The van der Waals surface area contributed by atoms with Crippen LogP contribution in [0.1, 0.15) is 0 Å². The van der Waals surface area contributed by atoms with Crippen LogP contribution in [-0.2, 0) is 10.0 Å². The summed E-state index contributed by atoms with van der Waals surface area (Å²) in [6, 6.07) is 8.40. The molecular formula is C9H8N4O4S. The summed E-state index contributed by atoms with van der Waals surface area (Å²) in [5.41, 5.74) is -0.156. The van der Waals surface area contributed by atoms with Gasteiger partial charge in [0.05, 0.1) is 10.6 Å². The lowest BCUT2D eigenvalue weighted by atomic mass is 10.3. The Morgan fingerprint density at radius 3 is 2.33 bits per heavy atom. The Morgan fingerprint density at radius 1 is 1.28 bits per heavy atom. The van der Waals surface area contributed by atoms with Crippen molar-refractivity contribution in [2.45, 2.75) is 5.03 Å². The van der Waals surface area contributed by atoms with Gasteiger partial charge in [0.25, 0.3) is 15.0 Å². The molecule has 1 aromatic carbocycles. The highest BCUT2D eigenvalue weighted by Crippen LogP contribution is 2.22. The molecule has 8 nitrogen and oxygen atoms in total. The molecule has 0 aliphatic carbocycles. The van der Waals surface area contributed by atoms with Gasteiger partial charge in [0.15, 0.2) is 0 Å². The van der Waals surface area contributed by atoms with E-state index in [1.165, 1.54) is 0 Å². The number of rotatable bonds is 3. The van der Waals surface area contributed by atoms with Gasteiger partial charge in [-0.1, -0.05) is 18.2 Å². The zero-order chi connectivity index (χ0) is 13.3. The first-order chi connectivity index (χ1) is 8.39. The van der Waals surface area contributed by atoms with E-state index in [0.29, 0.717) is 5.69 Å². The van der Waals surface area contributed by atoms with Gasteiger partial charge in [0.1, 0.15) is 6.20 Å². The number of sulfonamides is 1. The van der Waals surface area contributed by atoms with Crippen LogP contribution in [0.3, 0.4) is 0 Å². The molecule has 0 spiro atoms. The third-order valence-electron chi connectivity index (χ3n) is 2.15. The second kappa shape index (κ2) is 4.20. The van der Waals surface area contributed by atoms with Crippen LogP contribution in [0.25, 0.3) is 5.69 Å². The fraction of sp³-hybridized carbons (Fsp3) is 0. The molecule has 0 aliphatic rings. The molecule has 0 amide bonds. The molecule has 2 N–H and O–H groups in total. The van der Waals surface area contributed by atoms with Gasteiger partial charge < -0.3 is 0 Å². The zero-order valence-electron chi connectivity index (χ0n) is 8.92. The SMILES string of the molecule is NS(=O)(=O)c1nn(-c2ccccc2)cc1[N+](=O)[O-]. The first-order valence-electron chi connectivity index (χ1n) is 4.72. The molecule has 0 bridgehead atoms. The Balaban J connectivity index is 2.64. The maximum Gasteiger partial charge on any atom is 0.327 e. The number of hydrogen-bond donors (Lipinski definition) is 1. The van der Waals surface area contributed by atoms with Crippen molar-refractivity contribution in [3.63, 3.8) is 0 Å². The van der Waals surface area contributed by atoms with Gasteiger partial charge in [0, 0.05) is 0 Å². The molecule has 18 heavy (non-hydrogen) atoms. The Morgan fingerprint density at radius 2 is 1.89 bits per heavy atom. The normalized spacial score (nSPS) is 11.4. The van der Waals surface area contributed by atoms with E-state index in [0.717, 1.165) is 10.9 Å². The van der Waals surface area contributed by atoms with E-state index in [2.05, 4.69) is 5.10 Å². The Bertz CT molecular complexity index is 693. The van der Waals surface area contributed by atoms with Crippen LogP contribution in [0, 0.1) is 10.1 Å². The summed E-state index contributed by atoms with van der Waals surface area (Å²) in [5.74, 6) is 0. The zero-order valence-corrected chi connectivity index (χ0v) is 9.74. The number of nitro groups is 1. The van der Waals surface area contributed by atoms with Crippen LogP contribution >= 0.6 is 0 Å². The second-order valence-corrected chi connectivity index (χ2v) is 4.88. The number of primary sulfonamides is 1. The summed E-state index contributed by atoms with van der Waals surface area (Å²) in [4.78, 5) is 9.90. The van der Waals surface area contributed by atoms with Gasteiger partial charge >= 0.3 is 5.69 Å². The largest absolute Gasteiger partial charge is 0.327 e. The minimum absolute atomic E-state index is 0.496. The summed E-state index contributed by atoms with van der Waals surface area (Å²) in [5, 5.41) is 18.5. The van der Waals surface area contributed by atoms with Crippen LogP contribution in [0.4, 0.5) is 5.69 Å². The van der Waals surface area contributed by atoms with Crippen molar-refractivity contribution in [3.05, 3.63) is 46.6 Å². The third-order valence-corrected chi connectivity index (χ3v) is 2.98. The minimum Gasteiger partial charge on any atom is -0.258 e. The lowest BCUT2D eigenvalue weighted by molar-refractivity contribution is -0.387. The van der Waals surface area contributed by atoms with E-state index in [-0.39, 0.29) is 0 Å². The Kier molecular flexibility index (Phi) is 2.85. The minimum atomic E-state index is -4.24. The molecule has 0 saturated carbocycles. The van der Waals surface area contributed by atoms with E-state index < -0.39 is 25.7 Å². The molecule has 0 atom stereocenters. The number of aromatic nitrogens is 2. The maximum absolute atomic E-state index is 11.2. The van der Waals surface area contributed by atoms with Gasteiger partial charge in [0.2, 0.25) is 0 Å². The lowest BCUT2D eigenvalue weighted by Crippen LogP contribution is -2.14. The predicted octanol–water partition coefficient (Wildman–Crippen LogP) is 0.428. The van der Waals surface area contributed by atoms with Crippen molar-refractivity contribution in [3.8, 4) is 5.69 Å². The van der Waals surface area contributed by atoms with Crippen molar-refractivity contribution < 1.29 is 13.3 Å². The monoisotopic (exact) mass is 268 g/mol. The molecule has 2 aromatic rings. The van der Waals surface area contributed by atoms with E-state index in [9.17, 15) is 18.5 Å². The summed E-state index contributed by atoms with van der Waals surface area (Å²) in [6.07, 6.45) is 1.01. The Hall–Kier alpha value is -2.26. The lowest BCUT2D eigenvalue weighted by Gasteiger charge is -1.97. The number of para-hydroxylation sites is 1. The van der Waals surface area contributed by atoms with Crippen LogP contribution in [0.5, 0.6) is 0 Å². The maximum atomic E-state index is 11.2. The van der Waals surface area contributed by atoms with Crippen molar-refractivity contribution in [1.29, 1.82) is 0 Å². The van der Waals surface area contributed by atoms with E-state index in [4.69, 9.17) is 5.14 Å². The highest BCUT2D eigenvalue weighted by atomic mass is 32.2. The predicted molar refractivity (Wildman–Crippen MR) is 61.6 cm³/mol. The quantitative estimate of drug-likeness (QED) is 0.639. The highest BCUT2D eigenvalue weighted by Gasteiger charge is 2.28. The molecule has 1 aromatic heterocycles. The molecular weight excluding hydrogens is 260 g/mol. The molecule has 0 saturated heterocycles. The number of hydrogen-bond acceptors (Lipinski definition) is 5. The van der Waals surface area contributed by atoms with Crippen LogP contribution in [0.15, 0.2) is 41.6 Å². The third kappa shape index (κ3) is 2.21. The molecule has 1 heterocycles.